The summed E-state index contributed by atoms with van der Waals surface area (Å²) in [7, 11) is 3.16. The van der Waals surface area contributed by atoms with Gasteiger partial charge in [-0.15, -0.1) is 4.48 Å². The third kappa shape index (κ3) is 7.40. The summed E-state index contributed by atoms with van der Waals surface area (Å²) in [6.07, 6.45) is 5.15. The Morgan fingerprint density at radius 3 is 2.32 bits per heavy atom. The van der Waals surface area contributed by atoms with Crippen molar-refractivity contribution in [2.45, 2.75) is 58.5 Å². The third-order valence-corrected chi connectivity index (χ3v) is 4.08. The van der Waals surface area contributed by atoms with E-state index in [4.69, 9.17) is 4.74 Å². The molecule has 0 unspecified atom stereocenters. The van der Waals surface area contributed by atoms with Gasteiger partial charge in [0.05, 0.1) is 0 Å². The summed E-state index contributed by atoms with van der Waals surface area (Å²) in [6, 6.07) is 0. The zero-order valence-electron chi connectivity index (χ0n) is 14.8. The number of carbonyl (C=O) groups excluding carboxylic acids is 1. The first-order valence-electron chi connectivity index (χ1n) is 8.27. The molecule has 1 aliphatic heterocycles. The van der Waals surface area contributed by atoms with Crippen molar-refractivity contribution in [2.24, 2.45) is 5.92 Å². The Morgan fingerprint density at radius 1 is 1.23 bits per heavy atom. The number of carbonyl (C=O) groups is 1. The lowest BCUT2D eigenvalue weighted by Gasteiger charge is -2.33. The van der Waals surface area contributed by atoms with Crippen molar-refractivity contribution in [3.05, 3.63) is 0 Å². The van der Waals surface area contributed by atoms with Gasteiger partial charge in [-0.2, -0.15) is 0 Å². The average Bonchev–Trinajstić information content (AvgIpc) is 2.42. The number of nitrogens with zero attached hydrogens (tertiary/aromatic N) is 3. The van der Waals surface area contributed by atoms with E-state index in [9.17, 15) is 9.28 Å². The fourth-order valence-electron chi connectivity index (χ4n) is 2.64. The smallest absolute Gasteiger partial charge is 0.410 e. The number of ether oxygens (including phenoxy) is 1. The molecule has 1 saturated heterocycles. The minimum atomic E-state index is -0.427. The highest BCUT2D eigenvalue weighted by atomic mass is 19.2. The Balaban J connectivity index is 2.16. The summed E-state index contributed by atoms with van der Waals surface area (Å²) in [6.45, 7) is 7.99. The molecule has 0 aromatic carbocycles. The first-order chi connectivity index (χ1) is 10.2. The molecule has 1 heterocycles. The molecule has 5 nitrogen and oxygen atoms in total. The molecule has 0 bridgehead atoms. The van der Waals surface area contributed by atoms with E-state index in [2.05, 4.69) is 0 Å². The van der Waals surface area contributed by atoms with Crippen LogP contribution in [0.5, 0.6) is 0 Å². The second kappa shape index (κ2) is 8.67. The molecule has 22 heavy (non-hydrogen) atoms. The van der Waals surface area contributed by atoms with Gasteiger partial charge in [0.15, 0.2) is 0 Å². The van der Waals surface area contributed by atoms with Crippen LogP contribution in [0.1, 0.15) is 52.9 Å². The van der Waals surface area contributed by atoms with E-state index in [0.29, 0.717) is 11.1 Å². The van der Waals surface area contributed by atoms with Gasteiger partial charge < -0.3 is 9.64 Å². The molecular formula is C16H32FN3O2. The molecule has 0 aromatic heterocycles. The monoisotopic (exact) mass is 317 g/mol. The summed E-state index contributed by atoms with van der Waals surface area (Å²) >= 11 is 0. The van der Waals surface area contributed by atoms with Crippen molar-refractivity contribution >= 4 is 6.09 Å². The predicted octanol–water partition coefficient (Wildman–Crippen LogP) is 3.47. The fourth-order valence-corrected chi connectivity index (χ4v) is 2.64. The van der Waals surface area contributed by atoms with Gasteiger partial charge in [0.1, 0.15) is 5.60 Å². The number of amides is 1. The maximum atomic E-state index is 12.8. The SMILES string of the molecule is CN(F)N(C)CCCCC1CCN(C(=O)OC(C)(C)C)CC1. The van der Waals surface area contributed by atoms with E-state index in [1.807, 2.05) is 25.7 Å². The zero-order chi connectivity index (χ0) is 16.8. The van der Waals surface area contributed by atoms with Crippen LogP contribution in [0.3, 0.4) is 0 Å². The second-order valence-corrected chi connectivity index (χ2v) is 7.23. The lowest BCUT2D eigenvalue weighted by atomic mass is 9.92. The van der Waals surface area contributed by atoms with Gasteiger partial charge in [0.25, 0.3) is 0 Å². The molecule has 1 amide bonds. The molecule has 0 atom stereocenters. The van der Waals surface area contributed by atoms with E-state index in [1.54, 1.807) is 12.1 Å². The van der Waals surface area contributed by atoms with Crippen molar-refractivity contribution in [1.82, 2.24) is 15.1 Å². The summed E-state index contributed by atoms with van der Waals surface area (Å²) in [5, 5.41) is 2.20. The highest BCUT2D eigenvalue weighted by Crippen LogP contribution is 2.24. The van der Waals surface area contributed by atoms with E-state index < -0.39 is 5.60 Å². The van der Waals surface area contributed by atoms with Gasteiger partial charge in [-0.1, -0.05) is 18.1 Å². The molecule has 130 valence electrons. The molecule has 0 aromatic rings. The number of piperidine rings is 1. The molecule has 1 aliphatic rings. The van der Waals surface area contributed by atoms with E-state index in [0.717, 1.165) is 51.7 Å². The molecule has 0 spiro atoms. The predicted molar refractivity (Wildman–Crippen MR) is 85.9 cm³/mol. The Labute approximate surface area is 134 Å². The van der Waals surface area contributed by atoms with Gasteiger partial charge >= 0.3 is 6.09 Å². The minimum absolute atomic E-state index is 0.196. The van der Waals surface area contributed by atoms with Gasteiger partial charge in [-0.3, -0.25) is 0 Å². The summed E-state index contributed by atoms with van der Waals surface area (Å²) < 4.78 is 18.2. The molecule has 0 N–H and O–H groups in total. The van der Waals surface area contributed by atoms with Crippen molar-refractivity contribution in [3.8, 4) is 0 Å². The number of rotatable bonds is 6. The Hall–Kier alpha value is -0.880. The first kappa shape index (κ1) is 19.2. The molecule has 0 aliphatic carbocycles. The molecule has 0 saturated carbocycles. The molecule has 6 heteroatoms. The van der Waals surface area contributed by atoms with Crippen LogP contribution in [0.2, 0.25) is 0 Å². The van der Waals surface area contributed by atoms with Crippen molar-refractivity contribution in [2.75, 3.05) is 33.7 Å². The van der Waals surface area contributed by atoms with E-state index >= 15 is 0 Å². The van der Waals surface area contributed by atoms with Crippen LogP contribution in [-0.2, 0) is 4.74 Å². The van der Waals surface area contributed by atoms with Crippen molar-refractivity contribution < 1.29 is 14.0 Å². The Bertz CT molecular complexity index is 337. The quantitative estimate of drug-likeness (QED) is 0.427. The van der Waals surface area contributed by atoms with Crippen LogP contribution < -0.4 is 0 Å². The van der Waals surface area contributed by atoms with Crippen LogP contribution in [0.15, 0.2) is 0 Å². The van der Waals surface area contributed by atoms with Crippen LogP contribution in [-0.4, -0.2) is 60.6 Å². The highest BCUT2D eigenvalue weighted by Gasteiger charge is 2.26. The van der Waals surface area contributed by atoms with Crippen LogP contribution in [0.4, 0.5) is 9.28 Å². The van der Waals surface area contributed by atoms with Crippen molar-refractivity contribution in [1.29, 1.82) is 0 Å². The third-order valence-electron chi connectivity index (χ3n) is 4.08. The number of unbranched alkanes of at least 4 members (excludes halogenated alkanes) is 1. The summed E-state index contributed by atoms with van der Waals surface area (Å²) in [4.78, 5) is 13.8. The van der Waals surface area contributed by atoms with Gasteiger partial charge in [-0.25, -0.2) is 9.80 Å². The first-order valence-corrected chi connectivity index (χ1v) is 8.27. The van der Waals surface area contributed by atoms with Crippen LogP contribution in [0.25, 0.3) is 0 Å². The molecule has 1 rings (SSSR count). The number of halogens is 1. The second-order valence-electron chi connectivity index (χ2n) is 7.23. The lowest BCUT2D eigenvalue weighted by Crippen LogP contribution is -2.41. The van der Waals surface area contributed by atoms with E-state index in [-0.39, 0.29) is 6.09 Å². The van der Waals surface area contributed by atoms with Crippen molar-refractivity contribution in [3.63, 3.8) is 0 Å². The standard InChI is InChI=1S/C16H32FN3O2/c1-16(2,3)22-15(21)20-12-9-14(10-13-20)8-6-7-11-18(4)19(5)17/h14H,6-13H2,1-5H3. The fraction of sp³-hybridized carbons (Fsp3) is 0.938. The normalized spacial score (nSPS) is 17.4. The molecule has 0 radical (unpaired) electrons. The summed E-state index contributed by atoms with van der Waals surface area (Å²) in [5.74, 6) is 0.673. The highest BCUT2D eigenvalue weighted by molar-refractivity contribution is 5.68. The van der Waals surface area contributed by atoms with Gasteiger partial charge in [-0.05, 0) is 46.0 Å². The van der Waals surface area contributed by atoms with E-state index in [1.165, 1.54) is 7.05 Å². The maximum absolute atomic E-state index is 12.8. The topological polar surface area (TPSA) is 36.0 Å². The molecule has 1 fully saturated rings. The van der Waals surface area contributed by atoms with Gasteiger partial charge in [0.2, 0.25) is 0 Å². The zero-order valence-corrected chi connectivity index (χ0v) is 14.8. The van der Waals surface area contributed by atoms with Crippen LogP contribution >= 0.6 is 0 Å². The number of likely N-dealkylation sites (tertiary alicyclic amines) is 1. The largest absolute Gasteiger partial charge is 0.444 e. The maximum Gasteiger partial charge on any atom is 0.410 e. The Kier molecular flexibility index (Phi) is 7.56. The number of hydrogen-bond donors (Lipinski definition) is 0. The lowest BCUT2D eigenvalue weighted by molar-refractivity contribution is -0.134. The number of hydrazine groups is 1. The Morgan fingerprint density at radius 2 is 1.82 bits per heavy atom. The van der Waals surface area contributed by atoms with Gasteiger partial charge in [0, 0.05) is 33.7 Å². The number of hydrogen-bond acceptors (Lipinski definition) is 4. The molecular weight excluding hydrogens is 285 g/mol. The average molecular weight is 317 g/mol. The minimum Gasteiger partial charge on any atom is -0.444 e. The van der Waals surface area contributed by atoms with Crippen LogP contribution in [0, 0.1) is 5.92 Å². The summed E-state index contributed by atoms with van der Waals surface area (Å²) in [5.41, 5.74) is -0.427.